The Morgan fingerprint density at radius 2 is 1.93 bits per heavy atom. The number of nitrogens with two attached hydrogens (primary N) is 1. The van der Waals surface area contributed by atoms with Crippen molar-refractivity contribution in [1.29, 1.82) is 5.26 Å². The summed E-state index contributed by atoms with van der Waals surface area (Å²) in [5.74, 6) is 7.73. The minimum absolute atomic E-state index is 0.131. The second kappa shape index (κ2) is 12.0. The van der Waals surface area contributed by atoms with E-state index in [1.165, 1.54) is 6.07 Å². The van der Waals surface area contributed by atoms with Crippen molar-refractivity contribution >= 4 is 17.2 Å². The Hall–Kier alpha value is -5.41. The van der Waals surface area contributed by atoms with Gasteiger partial charge in [0, 0.05) is 45.7 Å². The Morgan fingerprint density at radius 1 is 1.14 bits per heavy atom. The first-order chi connectivity index (χ1) is 20.2. The van der Waals surface area contributed by atoms with Gasteiger partial charge < -0.3 is 19.3 Å². The molecular weight excluding hydrogens is 536 g/mol. The number of likely N-dealkylation sites (N-methyl/N-ethyl adjacent to an activating group) is 1. The van der Waals surface area contributed by atoms with E-state index >= 15 is 0 Å². The summed E-state index contributed by atoms with van der Waals surface area (Å²) < 4.78 is 12.4. The van der Waals surface area contributed by atoms with E-state index in [-0.39, 0.29) is 23.8 Å². The molecule has 0 amide bonds. The van der Waals surface area contributed by atoms with Crippen LogP contribution in [0.2, 0.25) is 0 Å². The molecule has 12 heteroatoms. The van der Waals surface area contributed by atoms with Crippen LogP contribution < -0.4 is 20.2 Å². The molecule has 2 aliphatic heterocycles. The average molecular weight is 567 g/mol. The molecule has 2 aliphatic rings. The summed E-state index contributed by atoms with van der Waals surface area (Å²) in [6.07, 6.45) is -1.05. The molecule has 0 saturated carbocycles. The van der Waals surface area contributed by atoms with Crippen molar-refractivity contribution in [3.8, 4) is 17.6 Å². The van der Waals surface area contributed by atoms with Crippen LogP contribution in [0.25, 0.3) is 0 Å². The molecule has 0 fully saturated rings. The highest BCUT2D eigenvalue weighted by molar-refractivity contribution is 6.01. The predicted octanol–water partition coefficient (Wildman–Crippen LogP) is 3.38. The first-order valence-electron chi connectivity index (χ1n) is 13.2. The van der Waals surface area contributed by atoms with Gasteiger partial charge in [-0.05, 0) is 29.8 Å². The molecule has 0 spiro atoms. The number of hydrogen-bond acceptors (Lipinski definition) is 11. The van der Waals surface area contributed by atoms with Crippen LogP contribution >= 0.6 is 0 Å². The minimum Gasteiger partial charge on any atom is -0.449 e. The summed E-state index contributed by atoms with van der Waals surface area (Å²) in [7, 11) is 5.57. The Kier molecular flexibility index (Phi) is 8.03. The van der Waals surface area contributed by atoms with Crippen LogP contribution in [-0.4, -0.2) is 67.0 Å². The smallest absolute Gasteiger partial charge is 0.352 e. The van der Waals surface area contributed by atoms with Gasteiger partial charge in [-0.25, -0.2) is 15.8 Å². The topological polar surface area (TPSA) is 146 Å². The molecule has 1 atom stereocenters. The number of aliphatic imine (C=N–C) groups is 2. The van der Waals surface area contributed by atoms with E-state index in [1.54, 1.807) is 37.2 Å². The van der Waals surface area contributed by atoms with Gasteiger partial charge in [0.2, 0.25) is 0 Å². The van der Waals surface area contributed by atoms with Crippen molar-refractivity contribution in [2.45, 2.75) is 12.8 Å². The van der Waals surface area contributed by atoms with E-state index in [0.717, 1.165) is 28.5 Å². The van der Waals surface area contributed by atoms with E-state index in [9.17, 15) is 15.4 Å². The summed E-state index contributed by atoms with van der Waals surface area (Å²) in [5.41, 5.74) is 2.32. The van der Waals surface area contributed by atoms with E-state index < -0.39 is 17.0 Å². The zero-order chi connectivity index (χ0) is 29.8. The van der Waals surface area contributed by atoms with Gasteiger partial charge >= 0.3 is 5.70 Å². The van der Waals surface area contributed by atoms with E-state index in [2.05, 4.69) is 21.0 Å². The number of nitrogens with zero attached hydrogens (tertiary/aromatic N) is 7. The van der Waals surface area contributed by atoms with E-state index in [0.29, 0.717) is 23.5 Å². The van der Waals surface area contributed by atoms with Gasteiger partial charge in [0.05, 0.1) is 28.8 Å². The molecule has 0 saturated heterocycles. The zero-order valence-corrected chi connectivity index (χ0v) is 23.5. The minimum atomic E-state index is -1.19. The lowest BCUT2D eigenvalue weighted by molar-refractivity contribution is -0.420. The molecule has 3 aromatic carbocycles. The zero-order valence-electron chi connectivity index (χ0n) is 23.5. The average Bonchev–Trinajstić information content (AvgIpc) is 3.41. The number of hydrazine groups is 1. The van der Waals surface area contributed by atoms with Crippen LogP contribution in [0.5, 0.6) is 11.5 Å². The molecule has 0 radical (unpaired) electrons. The Balaban J connectivity index is 1.57. The second-order valence-corrected chi connectivity index (χ2v) is 9.95. The SMILES string of the molecule is CN1CCN=C1c1cccc(OC2N=C(Cc3ccccc3)C([N+](=O)[O-])=C(Oc3cc(C#N)ccc3N(C)C)N2N)c1. The molecule has 12 nitrogen and oxygen atoms in total. The number of rotatable bonds is 9. The lowest BCUT2D eigenvalue weighted by Crippen LogP contribution is -2.49. The van der Waals surface area contributed by atoms with Crippen LogP contribution in [0.1, 0.15) is 16.7 Å². The van der Waals surface area contributed by atoms with Crippen LogP contribution in [0.3, 0.4) is 0 Å². The Labute approximate surface area is 243 Å². The van der Waals surface area contributed by atoms with Crippen LogP contribution in [0.4, 0.5) is 5.69 Å². The van der Waals surface area contributed by atoms with Crippen LogP contribution in [0.15, 0.2) is 94.4 Å². The third kappa shape index (κ3) is 5.86. The fourth-order valence-electron chi connectivity index (χ4n) is 4.70. The molecule has 0 aliphatic carbocycles. The molecular formula is C30H30N8O4. The van der Waals surface area contributed by atoms with Crippen molar-refractivity contribution < 1.29 is 14.4 Å². The normalized spacial score (nSPS) is 16.5. The van der Waals surface area contributed by atoms with Gasteiger partial charge in [0.1, 0.15) is 17.3 Å². The van der Waals surface area contributed by atoms with E-state index in [4.69, 9.17) is 15.3 Å². The maximum Gasteiger partial charge on any atom is 0.352 e. The quantitative estimate of drug-likeness (QED) is 0.234. The molecule has 2 N–H and O–H groups in total. The second-order valence-electron chi connectivity index (χ2n) is 9.95. The van der Waals surface area contributed by atoms with Gasteiger partial charge in [0.15, 0.2) is 5.75 Å². The predicted molar refractivity (Wildman–Crippen MR) is 159 cm³/mol. The standard InChI is InChI=1S/C30H30N8O4/c1-35(2)25-13-12-21(19-31)17-26(25)42-29-27(38(39)40)24(16-20-8-5-4-6-9-20)34-30(37(29)32)41-23-11-7-10-22(18-23)28-33-14-15-36(28)3/h4-13,17-18,30H,14-16,32H2,1-3H3. The first kappa shape index (κ1) is 28.1. The van der Waals surface area contributed by atoms with Gasteiger partial charge in [-0.15, -0.1) is 0 Å². The molecule has 5 rings (SSSR count). The van der Waals surface area contributed by atoms with Crippen molar-refractivity contribution in [3.63, 3.8) is 0 Å². The molecule has 0 bridgehead atoms. The largest absolute Gasteiger partial charge is 0.449 e. The molecule has 3 aromatic rings. The van der Waals surface area contributed by atoms with Gasteiger partial charge in [-0.3, -0.25) is 15.1 Å². The summed E-state index contributed by atoms with van der Waals surface area (Å²) in [5, 5.41) is 23.0. The Bertz CT molecular complexity index is 1630. The highest BCUT2D eigenvalue weighted by Gasteiger charge is 2.40. The van der Waals surface area contributed by atoms with Crippen molar-refractivity contribution in [3.05, 3.63) is 111 Å². The van der Waals surface area contributed by atoms with Crippen molar-refractivity contribution in [2.75, 3.05) is 39.1 Å². The van der Waals surface area contributed by atoms with Crippen LogP contribution in [0, 0.1) is 21.4 Å². The number of nitro groups is 1. The van der Waals surface area contributed by atoms with Gasteiger partial charge in [-0.2, -0.15) is 5.26 Å². The van der Waals surface area contributed by atoms with Gasteiger partial charge in [-0.1, -0.05) is 42.5 Å². The maximum absolute atomic E-state index is 12.5. The number of hydrogen-bond donors (Lipinski definition) is 1. The molecule has 0 aromatic heterocycles. The van der Waals surface area contributed by atoms with Crippen molar-refractivity contribution in [1.82, 2.24) is 9.91 Å². The lowest BCUT2D eigenvalue weighted by atomic mass is 10.1. The number of amidine groups is 1. The number of anilines is 1. The fraction of sp³-hybridized carbons (Fsp3) is 0.233. The number of benzene rings is 3. The molecule has 42 heavy (non-hydrogen) atoms. The lowest BCUT2D eigenvalue weighted by Gasteiger charge is -2.32. The third-order valence-electron chi connectivity index (χ3n) is 6.78. The first-order valence-corrected chi connectivity index (χ1v) is 13.2. The van der Waals surface area contributed by atoms with Crippen molar-refractivity contribution in [2.24, 2.45) is 15.8 Å². The third-order valence-corrected chi connectivity index (χ3v) is 6.78. The number of allylic oxidation sites excluding steroid dienone is 1. The number of ether oxygens (including phenoxy) is 2. The highest BCUT2D eigenvalue weighted by Crippen LogP contribution is 2.33. The summed E-state index contributed by atoms with van der Waals surface area (Å²) in [6.45, 7) is 1.53. The Morgan fingerprint density at radius 3 is 2.60 bits per heavy atom. The summed E-state index contributed by atoms with van der Waals surface area (Å²) in [4.78, 5) is 24.9. The van der Waals surface area contributed by atoms with Crippen LogP contribution in [-0.2, 0) is 6.42 Å². The van der Waals surface area contributed by atoms with Gasteiger partial charge in [0.25, 0.3) is 12.2 Å². The molecule has 2 heterocycles. The monoisotopic (exact) mass is 566 g/mol. The fourth-order valence-corrected chi connectivity index (χ4v) is 4.70. The molecule has 1 unspecified atom stereocenters. The highest BCUT2D eigenvalue weighted by atomic mass is 16.6. The maximum atomic E-state index is 12.5. The summed E-state index contributed by atoms with van der Waals surface area (Å²) >= 11 is 0. The molecule has 214 valence electrons. The number of nitriles is 1. The summed E-state index contributed by atoms with van der Waals surface area (Å²) in [6, 6.07) is 23.5. The van der Waals surface area contributed by atoms with E-state index in [1.807, 2.05) is 55.6 Å².